The highest BCUT2D eigenvalue weighted by Gasteiger charge is 2.34. The van der Waals surface area contributed by atoms with Crippen molar-refractivity contribution in [3.63, 3.8) is 0 Å². The van der Waals surface area contributed by atoms with Crippen LogP contribution in [0.15, 0.2) is 24.3 Å². The zero-order valence-electron chi connectivity index (χ0n) is 14.0. The first-order chi connectivity index (χ1) is 10.8. The van der Waals surface area contributed by atoms with Crippen molar-refractivity contribution in [3.05, 3.63) is 24.3 Å². The normalized spacial score (nSPS) is 20.9. The highest BCUT2D eigenvalue weighted by Crippen LogP contribution is 2.27. The summed E-state index contributed by atoms with van der Waals surface area (Å²) in [6.45, 7) is 5.56. The van der Waals surface area contributed by atoms with E-state index < -0.39 is 5.60 Å². The maximum atomic E-state index is 11.7. The van der Waals surface area contributed by atoms with Crippen molar-refractivity contribution >= 4 is 17.1 Å². The minimum absolute atomic E-state index is 0.0745. The highest BCUT2D eigenvalue weighted by molar-refractivity contribution is 5.76. The van der Waals surface area contributed by atoms with Crippen LogP contribution in [0.4, 0.5) is 4.79 Å². The first-order valence-corrected chi connectivity index (χ1v) is 7.89. The molecule has 0 spiro atoms. The Bertz CT molecular complexity index is 711. The molecule has 0 saturated heterocycles. The first-order valence-electron chi connectivity index (χ1n) is 7.89. The number of hydrogen-bond acceptors (Lipinski definition) is 4. The van der Waals surface area contributed by atoms with Crippen molar-refractivity contribution in [1.82, 2.24) is 14.9 Å². The lowest BCUT2D eigenvalue weighted by Crippen LogP contribution is -2.50. The molecule has 1 saturated carbocycles. The molecule has 1 fully saturated rings. The Balaban J connectivity index is 1.52. The SMILES string of the molecule is Cn1c(OC2CC(NC(=O)OC(C)(C)C)C2)nc2ccccc21. The Kier molecular flexibility index (Phi) is 3.92. The summed E-state index contributed by atoms with van der Waals surface area (Å²) in [5.41, 5.74) is 1.49. The summed E-state index contributed by atoms with van der Waals surface area (Å²) in [5, 5.41) is 2.86. The fraction of sp³-hybridized carbons (Fsp3) is 0.529. The molecular weight excluding hydrogens is 294 g/mol. The molecule has 3 rings (SSSR count). The molecule has 124 valence electrons. The summed E-state index contributed by atoms with van der Waals surface area (Å²) in [6, 6.07) is 8.65. The van der Waals surface area contributed by atoms with Crippen LogP contribution in [0.2, 0.25) is 0 Å². The number of amides is 1. The van der Waals surface area contributed by atoms with Crippen LogP contribution in [0.1, 0.15) is 33.6 Å². The molecule has 0 bridgehead atoms. The van der Waals surface area contributed by atoms with Gasteiger partial charge in [0, 0.05) is 25.9 Å². The minimum Gasteiger partial charge on any atom is -0.461 e. The monoisotopic (exact) mass is 317 g/mol. The van der Waals surface area contributed by atoms with E-state index in [1.165, 1.54) is 0 Å². The quantitative estimate of drug-likeness (QED) is 0.945. The third-order valence-electron chi connectivity index (χ3n) is 3.83. The Hall–Kier alpha value is -2.24. The molecule has 1 N–H and O–H groups in total. The number of rotatable bonds is 3. The zero-order valence-corrected chi connectivity index (χ0v) is 14.0. The molecule has 2 aromatic rings. The molecule has 6 heteroatoms. The molecule has 0 radical (unpaired) electrons. The zero-order chi connectivity index (χ0) is 16.6. The van der Waals surface area contributed by atoms with Gasteiger partial charge in [-0.3, -0.25) is 4.57 Å². The molecular formula is C17H23N3O3. The molecule has 0 atom stereocenters. The number of ether oxygens (including phenoxy) is 2. The Labute approximate surface area is 135 Å². The number of imidazole rings is 1. The summed E-state index contributed by atoms with van der Waals surface area (Å²) in [6.07, 6.45) is 1.24. The lowest BCUT2D eigenvalue weighted by Gasteiger charge is -2.35. The molecule has 1 aliphatic carbocycles. The van der Waals surface area contributed by atoms with Gasteiger partial charge in [0.05, 0.1) is 11.0 Å². The molecule has 1 aliphatic rings. The summed E-state index contributed by atoms with van der Waals surface area (Å²) >= 11 is 0. The maximum Gasteiger partial charge on any atom is 0.407 e. The highest BCUT2D eigenvalue weighted by atomic mass is 16.6. The van der Waals surface area contributed by atoms with E-state index in [-0.39, 0.29) is 18.2 Å². The van der Waals surface area contributed by atoms with E-state index >= 15 is 0 Å². The number of alkyl carbamates (subject to hydrolysis) is 1. The van der Waals surface area contributed by atoms with Crippen molar-refractivity contribution in [2.75, 3.05) is 0 Å². The van der Waals surface area contributed by atoms with Crippen LogP contribution in [0.5, 0.6) is 6.01 Å². The molecule has 1 heterocycles. The number of aryl methyl sites for hydroxylation is 1. The predicted molar refractivity (Wildman–Crippen MR) is 87.5 cm³/mol. The summed E-state index contributed by atoms with van der Waals surface area (Å²) in [7, 11) is 1.94. The third kappa shape index (κ3) is 3.57. The van der Waals surface area contributed by atoms with Crippen molar-refractivity contribution in [1.29, 1.82) is 0 Å². The summed E-state index contributed by atoms with van der Waals surface area (Å²) in [5.74, 6) is 0. The second-order valence-corrected chi connectivity index (χ2v) is 7.00. The van der Waals surface area contributed by atoms with Crippen LogP contribution in [0.3, 0.4) is 0 Å². The Morgan fingerprint density at radius 3 is 2.65 bits per heavy atom. The van der Waals surface area contributed by atoms with Gasteiger partial charge in [0.1, 0.15) is 11.7 Å². The Morgan fingerprint density at radius 2 is 2.00 bits per heavy atom. The second-order valence-electron chi connectivity index (χ2n) is 7.00. The minimum atomic E-state index is -0.475. The van der Waals surface area contributed by atoms with Crippen LogP contribution < -0.4 is 10.1 Å². The van der Waals surface area contributed by atoms with E-state index in [0.717, 1.165) is 23.9 Å². The van der Waals surface area contributed by atoms with Gasteiger partial charge in [0.2, 0.25) is 0 Å². The van der Waals surface area contributed by atoms with Gasteiger partial charge in [-0.15, -0.1) is 0 Å². The topological polar surface area (TPSA) is 65.4 Å². The van der Waals surface area contributed by atoms with Crippen LogP contribution in [-0.2, 0) is 11.8 Å². The van der Waals surface area contributed by atoms with Gasteiger partial charge in [-0.05, 0) is 32.9 Å². The van der Waals surface area contributed by atoms with E-state index in [9.17, 15) is 4.79 Å². The number of fused-ring (bicyclic) bond motifs is 1. The van der Waals surface area contributed by atoms with E-state index in [0.29, 0.717) is 6.01 Å². The lowest BCUT2D eigenvalue weighted by molar-refractivity contribution is 0.0340. The van der Waals surface area contributed by atoms with E-state index in [1.54, 1.807) is 0 Å². The Morgan fingerprint density at radius 1 is 1.30 bits per heavy atom. The maximum absolute atomic E-state index is 11.7. The van der Waals surface area contributed by atoms with Crippen molar-refractivity contribution in [2.24, 2.45) is 7.05 Å². The van der Waals surface area contributed by atoms with Gasteiger partial charge in [-0.2, -0.15) is 4.98 Å². The van der Waals surface area contributed by atoms with Gasteiger partial charge in [0.15, 0.2) is 0 Å². The van der Waals surface area contributed by atoms with Crippen LogP contribution in [0.25, 0.3) is 11.0 Å². The van der Waals surface area contributed by atoms with Gasteiger partial charge in [0.25, 0.3) is 6.01 Å². The van der Waals surface area contributed by atoms with Crippen LogP contribution in [-0.4, -0.2) is 33.4 Å². The first kappa shape index (κ1) is 15.6. The molecule has 1 amide bonds. The number of carbonyl (C=O) groups is 1. The molecule has 1 aromatic heterocycles. The van der Waals surface area contributed by atoms with Crippen molar-refractivity contribution in [3.8, 4) is 6.01 Å². The summed E-state index contributed by atoms with van der Waals surface area (Å²) < 4.78 is 13.1. The smallest absolute Gasteiger partial charge is 0.407 e. The average molecular weight is 317 g/mol. The number of para-hydroxylation sites is 2. The van der Waals surface area contributed by atoms with Gasteiger partial charge >= 0.3 is 6.09 Å². The number of hydrogen-bond donors (Lipinski definition) is 1. The standard InChI is InChI=1S/C17H23N3O3/c1-17(2,3)23-16(21)18-11-9-12(10-11)22-15-19-13-7-5-6-8-14(13)20(15)4/h5-8,11-12H,9-10H2,1-4H3,(H,18,21). The van der Waals surface area contributed by atoms with Gasteiger partial charge in [-0.1, -0.05) is 12.1 Å². The summed E-state index contributed by atoms with van der Waals surface area (Å²) in [4.78, 5) is 16.2. The number of nitrogens with zero attached hydrogens (tertiary/aromatic N) is 2. The second kappa shape index (κ2) is 5.76. The fourth-order valence-electron chi connectivity index (χ4n) is 2.63. The van der Waals surface area contributed by atoms with Crippen LogP contribution in [0, 0.1) is 0 Å². The number of aromatic nitrogens is 2. The largest absolute Gasteiger partial charge is 0.461 e. The number of carbonyl (C=O) groups excluding carboxylic acids is 1. The number of benzene rings is 1. The molecule has 6 nitrogen and oxygen atoms in total. The van der Waals surface area contributed by atoms with Crippen molar-refractivity contribution < 1.29 is 14.3 Å². The molecule has 0 aliphatic heterocycles. The molecule has 0 unspecified atom stereocenters. The van der Waals surface area contributed by atoms with Gasteiger partial charge < -0.3 is 14.8 Å². The van der Waals surface area contributed by atoms with E-state index in [2.05, 4.69) is 10.3 Å². The fourth-order valence-corrected chi connectivity index (χ4v) is 2.63. The van der Waals surface area contributed by atoms with Crippen LogP contribution >= 0.6 is 0 Å². The van der Waals surface area contributed by atoms with E-state index in [4.69, 9.17) is 9.47 Å². The molecule has 1 aromatic carbocycles. The van der Waals surface area contributed by atoms with Crippen molar-refractivity contribution in [2.45, 2.75) is 51.4 Å². The lowest BCUT2D eigenvalue weighted by atomic mass is 9.89. The number of nitrogens with one attached hydrogen (secondary N) is 1. The van der Waals surface area contributed by atoms with E-state index in [1.807, 2.05) is 56.7 Å². The third-order valence-corrected chi connectivity index (χ3v) is 3.83. The molecule has 23 heavy (non-hydrogen) atoms. The predicted octanol–water partition coefficient (Wildman–Crippen LogP) is 3.01. The van der Waals surface area contributed by atoms with Gasteiger partial charge in [-0.25, -0.2) is 4.79 Å². The average Bonchev–Trinajstić information content (AvgIpc) is 2.71.